The van der Waals surface area contributed by atoms with E-state index in [1.807, 2.05) is 17.0 Å². The van der Waals surface area contributed by atoms with Crippen molar-refractivity contribution >= 4 is 33.3 Å². The molecule has 1 amide bonds. The van der Waals surface area contributed by atoms with Gasteiger partial charge in [-0.2, -0.15) is 0 Å². The van der Waals surface area contributed by atoms with E-state index < -0.39 is 11.0 Å². The molecule has 2 bridgehead atoms. The van der Waals surface area contributed by atoms with Gasteiger partial charge in [0, 0.05) is 33.1 Å². The van der Waals surface area contributed by atoms with Gasteiger partial charge in [-0.05, 0) is 92.6 Å². The molecule has 2 aliphatic heterocycles. The van der Waals surface area contributed by atoms with Crippen molar-refractivity contribution in [2.24, 2.45) is 33.5 Å². The van der Waals surface area contributed by atoms with Crippen LogP contribution < -0.4 is 0 Å². The van der Waals surface area contributed by atoms with Gasteiger partial charge in [0.25, 0.3) is 0 Å². The van der Waals surface area contributed by atoms with Crippen molar-refractivity contribution in [3.8, 4) is 0 Å². The highest BCUT2D eigenvalue weighted by Crippen LogP contribution is 2.79. The second-order valence-electron chi connectivity index (χ2n) is 15.6. The van der Waals surface area contributed by atoms with Crippen LogP contribution in [-0.2, 0) is 9.47 Å². The summed E-state index contributed by atoms with van der Waals surface area (Å²) in [6.07, 6.45) is 14.9. The molecule has 8 aliphatic rings. The van der Waals surface area contributed by atoms with E-state index in [1.54, 1.807) is 11.3 Å². The van der Waals surface area contributed by atoms with Crippen LogP contribution >= 0.6 is 11.3 Å². The second-order valence-corrected chi connectivity index (χ2v) is 16.7. The third kappa shape index (κ3) is 3.34. The number of rotatable bonds is 4. The first kappa shape index (κ1) is 27.8. The minimum atomic E-state index is -0.553. The number of amides is 1. The first-order valence-corrected chi connectivity index (χ1v) is 17.7. The van der Waals surface area contributed by atoms with Gasteiger partial charge in [0.1, 0.15) is 5.60 Å². The van der Waals surface area contributed by atoms with Gasteiger partial charge >= 0.3 is 6.09 Å². The fourth-order valence-corrected chi connectivity index (χ4v) is 12.8. The summed E-state index contributed by atoms with van der Waals surface area (Å²) in [6.45, 7) is 6.81. The van der Waals surface area contributed by atoms with Crippen LogP contribution in [0.1, 0.15) is 81.3 Å². The molecule has 232 valence electrons. The lowest BCUT2D eigenvalue weighted by molar-refractivity contribution is -0.164. The monoisotopic (exact) mass is 613 g/mol. The fourth-order valence-electron chi connectivity index (χ4n) is 11.8. The second kappa shape index (κ2) is 9.07. The van der Waals surface area contributed by atoms with Gasteiger partial charge in [-0.25, -0.2) is 4.79 Å². The Kier molecular flexibility index (Phi) is 5.73. The largest absolute Gasteiger partial charge is 0.440 e. The molecule has 44 heavy (non-hydrogen) atoms. The standard InChI is InChI=1S/C37H43NO5S/c1-33-12-9-24(39)19-35(33)15-16-37(26(20-35)31(40)28-18-23-6-3-4-8-27(23)44-28)29(33)10-13-34(2)30(37)11-14-36(34)22-38(32(41)43-36)21-25-7-5-17-42-25/h3-4,6,8,15-16,18,20,24-25,29-30,39H,5,7,9-14,17,19,21-22H2,1-2H3/t24-,25+,29+,30+,33+,34-,35-,36+,37+/m0/s1. The highest BCUT2D eigenvalue weighted by Gasteiger charge is 2.76. The van der Waals surface area contributed by atoms with E-state index in [-0.39, 0.29) is 46.2 Å². The normalized spacial score (nSPS) is 45.4. The number of fused-ring (bicyclic) bond motifs is 3. The molecular formula is C37H43NO5S. The number of ether oxygens (including phenoxy) is 2. The number of aliphatic hydroxyl groups excluding tert-OH is 1. The minimum absolute atomic E-state index is 0.0276. The molecule has 1 aromatic carbocycles. The number of aliphatic hydroxyl groups is 1. The number of carbonyl (C=O) groups is 2. The van der Waals surface area contributed by atoms with Crippen molar-refractivity contribution in [3.05, 3.63) is 59.0 Å². The van der Waals surface area contributed by atoms with Gasteiger partial charge in [0.15, 0.2) is 5.78 Å². The molecule has 2 saturated heterocycles. The molecule has 3 saturated carbocycles. The Hall–Kier alpha value is -2.48. The summed E-state index contributed by atoms with van der Waals surface area (Å²) in [4.78, 5) is 31.1. The molecule has 3 heterocycles. The number of carbonyl (C=O) groups excluding carboxylic acids is 2. The minimum Gasteiger partial charge on any atom is -0.440 e. The summed E-state index contributed by atoms with van der Waals surface area (Å²) in [5.74, 6) is 0.641. The molecule has 6 aliphatic carbocycles. The van der Waals surface area contributed by atoms with Gasteiger partial charge < -0.3 is 19.5 Å². The van der Waals surface area contributed by atoms with E-state index in [4.69, 9.17) is 9.47 Å². The molecule has 2 aromatic rings. The van der Waals surface area contributed by atoms with E-state index in [9.17, 15) is 14.7 Å². The number of ketones is 1. The summed E-state index contributed by atoms with van der Waals surface area (Å²) in [7, 11) is 0. The highest BCUT2D eigenvalue weighted by molar-refractivity contribution is 7.21. The van der Waals surface area contributed by atoms with Crippen LogP contribution in [0.5, 0.6) is 0 Å². The van der Waals surface area contributed by atoms with Crippen molar-refractivity contribution < 1.29 is 24.2 Å². The number of benzene rings is 1. The summed E-state index contributed by atoms with van der Waals surface area (Å²) in [5.41, 5.74) is -0.632. The Morgan fingerprint density at radius 1 is 1.05 bits per heavy atom. The average molecular weight is 614 g/mol. The topological polar surface area (TPSA) is 76.1 Å². The van der Waals surface area contributed by atoms with E-state index in [0.717, 1.165) is 78.5 Å². The molecule has 5 fully saturated rings. The van der Waals surface area contributed by atoms with Crippen molar-refractivity contribution in [1.29, 1.82) is 0 Å². The number of allylic oxidation sites excluding steroid dienone is 4. The fraction of sp³-hybridized carbons (Fsp3) is 0.622. The Bertz CT molecular complexity index is 1610. The smallest absolute Gasteiger partial charge is 0.410 e. The number of hydrogen-bond acceptors (Lipinski definition) is 6. The van der Waals surface area contributed by atoms with Crippen LogP contribution in [-0.4, -0.2) is 59.4 Å². The van der Waals surface area contributed by atoms with E-state index in [0.29, 0.717) is 25.4 Å². The van der Waals surface area contributed by atoms with Crippen molar-refractivity contribution in [2.75, 3.05) is 19.7 Å². The lowest BCUT2D eigenvalue weighted by Crippen LogP contribution is -2.67. The van der Waals surface area contributed by atoms with E-state index in [2.05, 4.69) is 50.3 Å². The number of Topliss-reactive ketones (excluding diaryl/α,β-unsaturated/α-hetero) is 1. The van der Waals surface area contributed by atoms with Gasteiger partial charge in [-0.3, -0.25) is 4.79 Å². The average Bonchev–Trinajstić information content (AvgIpc) is 3.80. The van der Waals surface area contributed by atoms with E-state index in [1.165, 1.54) is 0 Å². The predicted octanol–water partition coefficient (Wildman–Crippen LogP) is 7.31. The first-order chi connectivity index (χ1) is 21.1. The van der Waals surface area contributed by atoms with Crippen LogP contribution in [0.25, 0.3) is 10.1 Å². The number of hydrogen-bond donors (Lipinski definition) is 1. The van der Waals surface area contributed by atoms with Crippen LogP contribution in [0.2, 0.25) is 0 Å². The quantitative estimate of drug-likeness (QED) is 0.289. The molecule has 6 nitrogen and oxygen atoms in total. The maximum absolute atomic E-state index is 14.9. The zero-order valence-electron chi connectivity index (χ0n) is 25.8. The lowest BCUT2D eigenvalue weighted by atomic mass is 9.32. The third-order valence-electron chi connectivity index (χ3n) is 14.0. The molecule has 1 aromatic heterocycles. The molecule has 1 N–H and O–H groups in total. The summed E-state index contributed by atoms with van der Waals surface area (Å²) in [5, 5.41) is 12.1. The van der Waals surface area contributed by atoms with Crippen LogP contribution in [0.3, 0.4) is 0 Å². The summed E-state index contributed by atoms with van der Waals surface area (Å²) < 4.78 is 13.6. The molecule has 10 rings (SSSR count). The first-order valence-electron chi connectivity index (χ1n) is 16.9. The predicted molar refractivity (Wildman–Crippen MR) is 170 cm³/mol. The Balaban J connectivity index is 1.16. The van der Waals surface area contributed by atoms with Crippen LogP contribution in [0.15, 0.2) is 54.1 Å². The van der Waals surface area contributed by atoms with Crippen LogP contribution in [0.4, 0.5) is 4.79 Å². The Labute approximate surface area is 263 Å². The maximum Gasteiger partial charge on any atom is 0.410 e. The molecule has 0 unspecified atom stereocenters. The molecule has 0 radical (unpaired) electrons. The molecular weight excluding hydrogens is 570 g/mol. The summed E-state index contributed by atoms with van der Waals surface area (Å²) in [6, 6.07) is 10.3. The number of thiophene rings is 1. The molecule has 9 atom stereocenters. The van der Waals surface area contributed by atoms with Crippen molar-refractivity contribution in [3.63, 3.8) is 0 Å². The van der Waals surface area contributed by atoms with Crippen molar-refractivity contribution in [2.45, 2.75) is 89.4 Å². The highest BCUT2D eigenvalue weighted by atomic mass is 32.1. The van der Waals surface area contributed by atoms with Crippen LogP contribution in [0, 0.1) is 33.5 Å². The zero-order chi connectivity index (χ0) is 30.1. The maximum atomic E-state index is 14.9. The SMILES string of the molecule is C[C@]12CC[C@H]3[C@]4(C=C[C@@]5(C=C4C(=O)c4cc6ccccc6s4)C[C@@H](O)CC[C@]35C)[C@@H]1CC[C@@]21CN(C[C@H]2CCCO2)C(=O)O1. The summed E-state index contributed by atoms with van der Waals surface area (Å²) >= 11 is 1.60. The number of nitrogens with zero attached hydrogens (tertiary/aromatic N) is 1. The molecule has 7 heteroatoms. The molecule has 3 spiro atoms. The van der Waals surface area contributed by atoms with Gasteiger partial charge in [0.2, 0.25) is 0 Å². The Morgan fingerprint density at radius 3 is 2.66 bits per heavy atom. The Morgan fingerprint density at radius 2 is 1.84 bits per heavy atom. The van der Waals surface area contributed by atoms with Gasteiger partial charge in [0.05, 0.1) is 30.2 Å². The van der Waals surface area contributed by atoms with Gasteiger partial charge in [-0.15, -0.1) is 11.3 Å². The lowest BCUT2D eigenvalue weighted by Gasteiger charge is -2.71. The third-order valence-corrected chi connectivity index (χ3v) is 15.1. The zero-order valence-corrected chi connectivity index (χ0v) is 26.7. The van der Waals surface area contributed by atoms with Crippen molar-refractivity contribution in [1.82, 2.24) is 4.90 Å². The van der Waals surface area contributed by atoms with Gasteiger partial charge in [-0.1, -0.05) is 50.3 Å². The van der Waals surface area contributed by atoms with E-state index >= 15 is 0 Å².